The fourth-order valence-electron chi connectivity index (χ4n) is 1.90. The molecule has 0 aliphatic carbocycles. The minimum Gasteiger partial charge on any atom is -0.445 e. The predicted octanol–water partition coefficient (Wildman–Crippen LogP) is 3.78. The number of nitrogens with zero attached hydrogens (tertiary/aromatic N) is 1. The third-order valence-electron chi connectivity index (χ3n) is 2.52. The number of nitriles is 1. The van der Waals surface area contributed by atoms with Crippen LogP contribution in [0.1, 0.15) is 25.2 Å². The molecule has 1 aromatic heterocycles. The zero-order valence-corrected chi connectivity index (χ0v) is 9.55. The van der Waals surface area contributed by atoms with E-state index < -0.39 is 11.6 Å². The van der Waals surface area contributed by atoms with E-state index in [0.29, 0.717) is 12.0 Å². The topological polar surface area (TPSA) is 36.9 Å². The quantitative estimate of drug-likeness (QED) is 0.794. The van der Waals surface area contributed by atoms with Crippen molar-refractivity contribution in [2.45, 2.75) is 20.3 Å². The van der Waals surface area contributed by atoms with Crippen LogP contribution in [0.25, 0.3) is 11.0 Å². The molecule has 0 aliphatic heterocycles. The lowest BCUT2D eigenvalue weighted by Gasteiger charge is -2.03. The molecule has 0 bridgehead atoms. The van der Waals surface area contributed by atoms with Crippen molar-refractivity contribution in [3.63, 3.8) is 0 Å². The summed E-state index contributed by atoms with van der Waals surface area (Å²) in [6.45, 7) is 3.92. The summed E-state index contributed by atoms with van der Waals surface area (Å²) in [7, 11) is 0. The van der Waals surface area contributed by atoms with Crippen LogP contribution in [-0.2, 0) is 6.42 Å². The summed E-state index contributed by atoms with van der Waals surface area (Å²) < 4.78 is 31.9. The molecule has 0 fully saturated rings. The fourth-order valence-corrected chi connectivity index (χ4v) is 1.90. The first-order valence-electron chi connectivity index (χ1n) is 5.33. The van der Waals surface area contributed by atoms with Crippen LogP contribution in [0.5, 0.6) is 0 Å². The van der Waals surface area contributed by atoms with Crippen molar-refractivity contribution < 1.29 is 13.2 Å². The number of fused-ring (bicyclic) bond motifs is 1. The van der Waals surface area contributed by atoms with Crippen LogP contribution in [0.4, 0.5) is 8.78 Å². The zero-order chi connectivity index (χ0) is 12.6. The Labute approximate surface area is 97.5 Å². The second kappa shape index (κ2) is 4.17. The molecule has 0 spiro atoms. The van der Waals surface area contributed by atoms with E-state index in [4.69, 9.17) is 9.68 Å². The van der Waals surface area contributed by atoms with Gasteiger partial charge in [-0.1, -0.05) is 13.8 Å². The summed E-state index contributed by atoms with van der Waals surface area (Å²) in [6.07, 6.45) is 0.526. The number of halogens is 2. The van der Waals surface area contributed by atoms with E-state index in [1.165, 1.54) is 0 Å². The second-order valence-corrected chi connectivity index (χ2v) is 4.38. The molecule has 4 heteroatoms. The average Bonchev–Trinajstić information content (AvgIpc) is 2.55. The molecule has 1 heterocycles. The molecule has 0 saturated heterocycles. The first-order valence-corrected chi connectivity index (χ1v) is 5.33. The lowest BCUT2D eigenvalue weighted by Crippen LogP contribution is -1.96. The summed E-state index contributed by atoms with van der Waals surface area (Å²) in [4.78, 5) is 0. The third kappa shape index (κ3) is 2.01. The van der Waals surface area contributed by atoms with Gasteiger partial charge < -0.3 is 4.42 Å². The highest BCUT2D eigenvalue weighted by molar-refractivity contribution is 5.84. The fraction of sp³-hybridized carbons (Fsp3) is 0.308. The van der Waals surface area contributed by atoms with Crippen molar-refractivity contribution in [2.75, 3.05) is 0 Å². The van der Waals surface area contributed by atoms with Gasteiger partial charge in [-0.25, -0.2) is 8.78 Å². The highest BCUT2D eigenvalue weighted by Crippen LogP contribution is 2.30. The van der Waals surface area contributed by atoms with Crippen LogP contribution < -0.4 is 0 Å². The smallest absolute Gasteiger partial charge is 0.208 e. The lowest BCUT2D eigenvalue weighted by molar-refractivity contribution is 0.567. The molecule has 2 aromatic rings. The van der Waals surface area contributed by atoms with Gasteiger partial charge in [-0.2, -0.15) is 5.26 Å². The maximum atomic E-state index is 13.7. The van der Waals surface area contributed by atoms with Crippen molar-refractivity contribution in [2.24, 2.45) is 5.92 Å². The standard InChI is InChI=1S/C13H11F2NO/c1-7(2)3-9-12(6-16)17-11-5-8(14)4-10(15)13(9)11/h4-5,7H,3H2,1-2H3. The van der Waals surface area contributed by atoms with Crippen LogP contribution in [0, 0.1) is 28.9 Å². The number of hydrogen-bond donors (Lipinski definition) is 0. The molecule has 88 valence electrons. The maximum Gasteiger partial charge on any atom is 0.208 e. The number of rotatable bonds is 2. The average molecular weight is 235 g/mol. The van der Waals surface area contributed by atoms with Gasteiger partial charge in [-0.15, -0.1) is 0 Å². The first kappa shape index (κ1) is 11.6. The Hall–Kier alpha value is -1.89. The van der Waals surface area contributed by atoms with E-state index in [0.717, 1.165) is 12.1 Å². The molecule has 0 amide bonds. The normalized spacial score (nSPS) is 11.1. The highest BCUT2D eigenvalue weighted by atomic mass is 19.1. The van der Waals surface area contributed by atoms with Gasteiger partial charge >= 0.3 is 0 Å². The van der Waals surface area contributed by atoms with Crippen molar-refractivity contribution in [1.82, 2.24) is 0 Å². The minimum atomic E-state index is -0.704. The molecule has 0 unspecified atom stereocenters. The molecule has 0 atom stereocenters. The maximum absolute atomic E-state index is 13.7. The van der Waals surface area contributed by atoms with Crippen LogP contribution >= 0.6 is 0 Å². The minimum absolute atomic E-state index is 0.0678. The molecule has 1 aromatic carbocycles. The first-order chi connectivity index (χ1) is 8.02. The van der Waals surface area contributed by atoms with Gasteiger partial charge in [0.1, 0.15) is 23.3 Å². The van der Waals surface area contributed by atoms with Crippen molar-refractivity contribution >= 4 is 11.0 Å². The van der Waals surface area contributed by atoms with Crippen LogP contribution in [0.3, 0.4) is 0 Å². The Morgan fingerprint density at radius 1 is 1.35 bits per heavy atom. The molecule has 0 saturated carbocycles. The third-order valence-corrected chi connectivity index (χ3v) is 2.52. The highest BCUT2D eigenvalue weighted by Gasteiger charge is 2.19. The Balaban J connectivity index is 2.75. The van der Waals surface area contributed by atoms with Crippen LogP contribution in [0.15, 0.2) is 16.5 Å². The van der Waals surface area contributed by atoms with E-state index in [9.17, 15) is 8.78 Å². The Bertz CT molecular complexity index is 608. The van der Waals surface area contributed by atoms with E-state index in [1.54, 1.807) is 0 Å². The van der Waals surface area contributed by atoms with Gasteiger partial charge in [0.2, 0.25) is 5.76 Å². The van der Waals surface area contributed by atoms with Crippen molar-refractivity contribution in [3.8, 4) is 6.07 Å². The summed E-state index contributed by atoms with van der Waals surface area (Å²) in [5.41, 5.74) is 0.615. The Morgan fingerprint density at radius 2 is 2.06 bits per heavy atom. The van der Waals surface area contributed by atoms with E-state index in [2.05, 4.69) is 0 Å². The van der Waals surface area contributed by atoms with Crippen LogP contribution in [0.2, 0.25) is 0 Å². The van der Waals surface area contributed by atoms with Crippen LogP contribution in [-0.4, -0.2) is 0 Å². The monoisotopic (exact) mass is 235 g/mol. The zero-order valence-electron chi connectivity index (χ0n) is 9.55. The van der Waals surface area contributed by atoms with Crippen molar-refractivity contribution in [1.29, 1.82) is 5.26 Å². The lowest BCUT2D eigenvalue weighted by atomic mass is 10.00. The second-order valence-electron chi connectivity index (χ2n) is 4.38. The summed E-state index contributed by atoms with van der Waals surface area (Å²) in [6, 6.07) is 3.79. The van der Waals surface area contributed by atoms with E-state index in [1.807, 2.05) is 19.9 Å². The molecule has 2 nitrogen and oxygen atoms in total. The molecule has 0 aliphatic rings. The molecular weight excluding hydrogens is 224 g/mol. The number of benzene rings is 1. The summed E-state index contributed by atoms with van der Waals surface area (Å²) in [5, 5.41) is 9.15. The number of hydrogen-bond acceptors (Lipinski definition) is 2. The molecule has 0 radical (unpaired) electrons. The molecular formula is C13H11F2NO. The van der Waals surface area contributed by atoms with Gasteiger partial charge in [0.05, 0.1) is 5.39 Å². The van der Waals surface area contributed by atoms with Gasteiger partial charge in [-0.05, 0) is 12.3 Å². The summed E-state index contributed by atoms with van der Waals surface area (Å²) in [5.74, 6) is -1.06. The van der Waals surface area contributed by atoms with Crippen molar-refractivity contribution in [3.05, 3.63) is 35.1 Å². The SMILES string of the molecule is CC(C)Cc1c(C#N)oc2cc(F)cc(F)c12. The van der Waals surface area contributed by atoms with E-state index in [-0.39, 0.29) is 22.6 Å². The summed E-state index contributed by atoms with van der Waals surface area (Å²) >= 11 is 0. The largest absolute Gasteiger partial charge is 0.445 e. The number of furan rings is 1. The van der Waals surface area contributed by atoms with Gasteiger partial charge in [0, 0.05) is 17.7 Å². The van der Waals surface area contributed by atoms with Gasteiger partial charge in [0.25, 0.3) is 0 Å². The molecule has 17 heavy (non-hydrogen) atoms. The Kier molecular flexibility index (Phi) is 2.84. The molecule has 0 N–H and O–H groups in total. The van der Waals surface area contributed by atoms with Gasteiger partial charge in [-0.3, -0.25) is 0 Å². The molecule has 2 rings (SSSR count). The Morgan fingerprint density at radius 3 is 2.65 bits per heavy atom. The predicted molar refractivity (Wildman–Crippen MR) is 59.4 cm³/mol. The van der Waals surface area contributed by atoms with Gasteiger partial charge in [0.15, 0.2) is 0 Å². The van der Waals surface area contributed by atoms with E-state index >= 15 is 0 Å².